The Morgan fingerprint density at radius 2 is 1.87 bits per heavy atom. The van der Waals surface area contributed by atoms with Crippen LogP contribution >= 0.6 is 11.8 Å². The summed E-state index contributed by atoms with van der Waals surface area (Å²) in [5, 5.41) is 0.913. The van der Waals surface area contributed by atoms with Crippen molar-refractivity contribution in [2.45, 2.75) is 123 Å². The molecule has 4 aliphatic rings. The Labute approximate surface area is 192 Å². The smallest absolute Gasteiger partial charge is 0.00847 e. The van der Waals surface area contributed by atoms with Crippen molar-refractivity contribution >= 4 is 11.8 Å². The maximum atomic E-state index is 2.78. The molecule has 7 atom stereocenters. The van der Waals surface area contributed by atoms with Gasteiger partial charge >= 0.3 is 0 Å². The zero-order chi connectivity index (χ0) is 21.4. The van der Waals surface area contributed by atoms with E-state index in [0.717, 1.165) is 34.8 Å². The first-order chi connectivity index (χ1) is 14.4. The molecule has 0 N–H and O–H groups in total. The number of fused-ring (bicyclic) bond motifs is 5. The largest absolute Gasteiger partial charge is 0.158 e. The van der Waals surface area contributed by atoms with Gasteiger partial charge in [-0.1, -0.05) is 65.5 Å². The van der Waals surface area contributed by atoms with Crippen molar-refractivity contribution in [2.75, 3.05) is 5.75 Å². The third-order valence-corrected chi connectivity index (χ3v) is 11.9. The van der Waals surface area contributed by atoms with Gasteiger partial charge in [0.05, 0.1) is 0 Å². The molecule has 0 nitrogen and oxygen atoms in total. The van der Waals surface area contributed by atoms with Crippen LogP contribution in [0, 0.1) is 40.4 Å². The molecule has 0 saturated heterocycles. The van der Waals surface area contributed by atoms with Crippen molar-refractivity contribution in [1.82, 2.24) is 0 Å². The summed E-state index contributed by atoms with van der Waals surface area (Å²) < 4.78 is 0. The summed E-state index contributed by atoms with van der Waals surface area (Å²) in [6.45, 7) is 12.5. The molecule has 172 valence electrons. The van der Waals surface area contributed by atoms with Gasteiger partial charge in [0.25, 0.3) is 0 Å². The normalized spacial score (nSPS) is 43.1. The Hall–Kier alpha value is 0.0900. The van der Waals surface area contributed by atoms with Crippen LogP contribution in [0.2, 0.25) is 0 Å². The van der Waals surface area contributed by atoms with Gasteiger partial charge in [0, 0.05) is 5.25 Å². The zero-order valence-corrected chi connectivity index (χ0v) is 21.7. The lowest BCUT2D eigenvalue weighted by Crippen LogP contribution is -2.50. The lowest BCUT2D eigenvalue weighted by atomic mass is 9.47. The van der Waals surface area contributed by atoms with Crippen molar-refractivity contribution in [3.63, 3.8) is 0 Å². The van der Waals surface area contributed by atoms with Crippen molar-refractivity contribution in [2.24, 2.45) is 40.4 Å². The van der Waals surface area contributed by atoms with Gasteiger partial charge in [-0.15, -0.1) is 0 Å². The van der Waals surface area contributed by atoms with Gasteiger partial charge in [0.1, 0.15) is 0 Å². The van der Waals surface area contributed by atoms with Crippen molar-refractivity contribution in [3.8, 4) is 0 Å². The van der Waals surface area contributed by atoms with E-state index >= 15 is 0 Å². The molecule has 3 fully saturated rings. The van der Waals surface area contributed by atoms with Crippen LogP contribution < -0.4 is 0 Å². The van der Waals surface area contributed by atoms with Crippen molar-refractivity contribution < 1.29 is 0 Å². The Bertz CT molecular complexity index is 605. The Morgan fingerprint density at radius 1 is 1.03 bits per heavy atom. The van der Waals surface area contributed by atoms with Crippen LogP contribution in [0.1, 0.15) is 118 Å². The van der Waals surface area contributed by atoms with E-state index in [0.29, 0.717) is 10.8 Å². The third kappa shape index (κ3) is 4.32. The van der Waals surface area contributed by atoms with Crippen LogP contribution in [0.15, 0.2) is 11.6 Å². The van der Waals surface area contributed by atoms with E-state index in [-0.39, 0.29) is 0 Å². The second-order valence-corrected chi connectivity index (χ2v) is 13.9. The number of unbranched alkanes of at least 4 members (excludes halogenated alkanes) is 1. The van der Waals surface area contributed by atoms with E-state index in [1.807, 2.05) is 5.57 Å². The Morgan fingerprint density at radius 3 is 2.63 bits per heavy atom. The predicted molar refractivity (Wildman–Crippen MR) is 135 cm³/mol. The molecule has 4 aliphatic carbocycles. The van der Waals surface area contributed by atoms with E-state index in [2.05, 4.69) is 52.5 Å². The first-order valence-corrected chi connectivity index (χ1v) is 14.7. The number of hydrogen-bond acceptors (Lipinski definition) is 1. The highest BCUT2D eigenvalue weighted by Crippen LogP contribution is 2.67. The summed E-state index contributed by atoms with van der Waals surface area (Å²) in [5.74, 6) is 6.28. The van der Waals surface area contributed by atoms with E-state index < -0.39 is 0 Å². The molecule has 0 aliphatic heterocycles. The predicted octanol–water partition coefficient (Wildman–Crippen LogP) is 9.29. The molecule has 0 heterocycles. The maximum Gasteiger partial charge on any atom is 0.00847 e. The van der Waals surface area contributed by atoms with E-state index in [1.54, 1.807) is 6.42 Å². The third-order valence-electron chi connectivity index (χ3n) is 10.4. The molecule has 0 bridgehead atoms. The molecule has 0 aromatic carbocycles. The van der Waals surface area contributed by atoms with Crippen molar-refractivity contribution in [1.29, 1.82) is 0 Å². The quantitative estimate of drug-likeness (QED) is 0.273. The summed E-state index contributed by atoms with van der Waals surface area (Å²) >= 11 is 2.27. The summed E-state index contributed by atoms with van der Waals surface area (Å²) in [5.41, 5.74) is 3.09. The minimum absolute atomic E-state index is 0.545. The highest BCUT2D eigenvalue weighted by molar-refractivity contribution is 7.99. The molecule has 1 heteroatoms. The Balaban J connectivity index is 1.42. The second-order valence-electron chi connectivity index (χ2n) is 12.5. The molecule has 0 aromatic rings. The monoisotopic (exact) mass is 430 g/mol. The second kappa shape index (κ2) is 9.52. The highest BCUT2D eigenvalue weighted by atomic mass is 32.2. The van der Waals surface area contributed by atoms with Gasteiger partial charge in [0.15, 0.2) is 0 Å². The highest BCUT2D eigenvalue weighted by Gasteiger charge is 2.58. The standard InChI is InChI=1S/C29H50S/c1-6-19-30-24-15-17-29(5)23(20-24)11-13-25-26-14-12-22(10-8-7-9-21(2)3)28(26,4)18-16-27(25)29/h11,21-22,24-27H,6-10,12-20H2,1-5H3/t22?,24-,25?,26?,27?,28?,29?/m0/s1. The summed E-state index contributed by atoms with van der Waals surface area (Å²) in [7, 11) is 0. The fraction of sp³-hybridized carbons (Fsp3) is 0.931. The SMILES string of the molecule is CCCS[C@H]1CCC2(C)C(=CCC3C2CCC2(C)C(CCCCC(C)C)CCC32)C1. The summed E-state index contributed by atoms with van der Waals surface area (Å²) in [6.07, 6.45) is 21.9. The van der Waals surface area contributed by atoms with Crippen LogP contribution in [0.25, 0.3) is 0 Å². The lowest BCUT2D eigenvalue weighted by molar-refractivity contribution is -0.0422. The van der Waals surface area contributed by atoms with Crippen molar-refractivity contribution in [3.05, 3.63) is 11.6 Å². The zero-order valence-electron chi connectivity index (χ0n) is 20.8. The van der Waals surface area contributed by atoms with Gasteiger partial charge in [0.2, 0.25) is 0 Å². The van der Waals surface area contributed by atoms with Crippen LogP contribution in [-0.2, 0) is 0 Å². The first-order valence-electron chi connectivity index (χ1n) is 13.7. The van der Waals surface area contributed by atoms with E-state index in [9.17, 15) is 0 Å². The minimum Gasteiger partial charge on any atom is -0.158 e. The molecule has 0 spiro atoms. The minimum atomic E-state index is 0.545. The average molecular weight is 431 g/mol. The number of thioether (sulfide) groups is 1. The molecule has 6 unspecified atom stereocenters. The average Bonchev–Trinajstić information content (AvgIpc) is 3.05. The van der Waals surface area contributed by atoms with E-state index in [1.165, 1.54) is 82.8 Å². The molecular formula is C29H50S. The molecule has 0 aromatic heterocycles. The van der Waals surface area contributed by atoms with Crippen LogP contribution in [0.4, 0.5) is 0 Å². The molecule has 3 saturated carbocycles. The van der Waals surface area contributed by atoms with Crippen LogP contribution in [-0.4, -0.2) is 11.0 Å². The molecule has 0 amide bonds. The van der Waals surface area contributed by atoms with Gasteiger partial charge < -0.3 is 0 Å². The topological polar surface area (TPSA) is 0 Å². The summed E-state index contributed by atoms with van der Waals surface area (Å²) in [4.78, 5) is 0. The molecule has 0 radical (unpaired) electrons. The molecule has 4 rings (SSSR count). The fourth-order valence-electron chi connectivity index (χ4n) is 8.58. The maximum absolute atomic E-state index is 2.78. The summed E-state index contributed by atoms with van der Waals surface area (Å²) in [6, 6.07) is 0. The van der Waals surface area contributed by atoms with Gasteiger partial charge in [-0.2, -0.15) is 11.8 Å². The number of hydrogen-bond donors (Lipinski definition) is 0. The lowest BCUT2D eigenvalue weighted by Gasteiger charge is -2.58. The van der Waals surface area contributed by atoms with Crippen LogP contribution in [0.3, 0.4) is 0 Å². The molecular weight excluding hydrogens is 380 g/mol. The van der Waals surface area contributed by atoms with E-state index in [4.69, 9.17) is 0 Å². The van der Waals surface area contributed by atoms with Gasteiger partial charge in [-0.05, 0) is 110 Å². The number of rotatable bonds is 8. The number of allylic oxidation sites excluding steroid dienone is 2. The fourth-order valence-corrected chi connectivity index (χ4v) is 9.73. The first kappa shape index (κ1) is 23.3. The van der Waals surface area contributed by atoms with Crippen LogP contribution in [0.5, 0.6) is 0 Å². The van der Waals surface area contributed by atoms with Gasteiger partial charge in [-0.25, -0.2) is 0 Å². The Kier molecular flexibility index (Phi) is 7.38. The van der Waals surface area contributed by atoms with Gasteiger partial charge in [-0.3, -0.25) is 0 Å². The molecule has 30 heavy (non-hydrogen) atoms.